The van der Waals surface area contributed by atoms with Gasteiger partial charge in [-0.2, -0.15) is 4.98 Å². The zero-order chi connectivity index (χ0) is 28.3. The summed E-state index contributed by atoms with van der Waals surface area (Å²) in [5, 5.41) is 3.31. The number of benzene rings is 3. The van der Waals surface area contributed by atoms with Crippen LogP contribution in [0.5, 0.6) is 5.75 Å². The highest BCUT2D eigenvalue weighted by molar-refractivity contribution is 5.58. The molecule has 0 saturated carbocycles. The van der Waals surface area contributed by atoms with E-state index in [0.717, 1.165) is 27.5 Å². The van der Waals surface area contributed by atoms with E-state index in [1.54, 1.807) is 7.11 Å². The molecule has 2 heterocycles. The van der Waals surface area contributed by atoms with Crippen molar-refractivity contribution in [2.75, 3.05) is 19.1 Å². The van der Waals surface area contributed by atoms with Crippen LogP contribution < -0.4 is 15.7 Å². The summed E-state index contributed by atoms with van der Waals surface area (Å²) in [6.07, 6.45) is 1.14. The van der Waals surface area contributed by atoms with Crippen LogP contribution in [0, 0.1) is 11.7 Å². The second-order valence-electron chi connectivity index (χ2n) is 10.2. The molecule has 40 heavy (non-hydrogen) atoms. The molecule has 5 rings (SSSR count). The average molecular weight is 546 g/mol. The summed E-state index contributed by atoms with van der Waals surface area (Å²) in [7, 11) is 1.59. The van der Waals surface area contributed by atoms with Gasteiger partial charge in [-0.25, -0.2) is 13.6 Å². The maximum absolute atomic E-state index is 15.9. The fourth-order valence-corrected chi connectivity index (χ4v) is 5.66. The van der Waals surface area contributed by atoms with Crippen molar-refractivity contribution in [1.82, 2.24) is 9.55 Å². The second-order valence-corrected chi connectivity index (χ2v) is 10.2. The molecule has 3 atom stereocenters. The fourth-order valence-electron chi connectivity index (χ4n) is 5.66. The first-order chi connectivity index (χ1) is 19.4. The Kier molecular flexibility index (Phi) is 7.72. The van der Waals surface area contributed by atoms with Gasteiger partial charge in [-0.3, -0.25) is 4.57 Å². The molecule has 3 aromatic carbocycles. The third kappa shape index (κ3) is 4.77. The molecule has 0 spiro atoms. The highest BCUT2D eigenvalue weighted by Gasteiger charge is 2.46. The van der Waals surface area contributed by atoms with E-state index in [1.165, 1.54) is 0 Å². The van der Waals surface area contributed by atoms with Crippen LogP contribution in [0.3, 0.4) is 0 Å². The molecule has 8 heteroatoms. The molecule has 0 unspecified atom stereocenters. The standard InChI is InChI=1S/C32H33F2N3O3/c1-4-31(21-33)22(2)19-28(40-31)37-20-27(34)29(35-30(37)38)36-32(23-11-7-5-8-12-23,24-13-9-6-10-14-24)25-15-17-26(39-3)18-16-25/h5-18,20,22,28H,4,19,21H2,1-3H3,(H,35,36,38)/t22-,28+,31-/m0/s1. The molecule has 1 fully saturated rings. The molecule has 1 aliphatic heterocycles. The summed E-state index contributed by atoms with van der Waals surface area (Å²) in [6.45, 7) is 3.06. The topological polar surface area (TPSA) is 65.4 Å². The molecule has 0 aliphatic carbocycles. The first kappa shape index (κ1) is 27.5. The second kappa shape index (κ2) is 11.2. The lowest BCUT2D eigenvalue weighted by Gasteiger charge is -2.37. The van der Waals surface area contributed by atoms with Crippen molar-refractivity contribution in [2.24, 2.45) is 5.92 Å². The Morgan fingerprint density at radius 2 is 1.60 bits per heavy atom. The lowest BCUT2D eigenvalue weighted by Crippen LogP contribution is -2.40. The summed E-state index contributed by atoms with van der Waals surface area (Å²) < 4.78 is 42.3. The van der Waals surface area contributed by atoms with Gasteiger partial charge in [0.05, 0.1) is 13.3 Å². The van der Waals surface area contributed by atoms with E-state index < -0.39 is 35.5 Å². The van der Waals surface area contributed by atoms with Gasteiger partial charge in [-0.05, 0) is 47.6 Å². The average Bonchev–Trinajstić information content (AvgIpc) is 3.34. The Bertz CT molecular complexity index is 1450. The molecule has 208 valence electrons. The minimum absolute atomic E-state index is 0.140. The summed E-state index contributed by atoms with van der Waals surface area (Å²) in [5.41, 5.74) is -0.357. The van der Waals surface area contributed by atoms with E-state index in [2.05, 4.69) is 10.3 Å². The summed E-state index contributed by atoms with van der Waals surface area (Å²) in [6, 6.07) is 26.7. The van der Waals surface area contributed by atoms with E-state index in [4.69, 9.17) is 9.47 Å². The van der Waals surface area contributed by atoms with Crippen molar-refractivity contribution in [3.63, 3.8) is 0 Å². The van der Waals surface area contributed by atoms with Crippen molar-refractivity contribution < 1.29 is 18.3 Å². The summed E-state index contributed by atoms with van der Waals surface area (Å²) >= 11 is 0. The number of methoxy groups -OCH3 is 1. The predicted octanol–water partition coefficient (Wildman–Crippen LogP) is 6.47. The van der Waals surface area contributed by atoms with Crippen LogP contribution in [0.25, 0.3) is 0 Å². The van der Waals surface area contributed by atoms with Crippen molar-refractivity contribution in [1.29, 1.82) is 0 Å². The fraction of sp³-hybridized carbons (Fsp3) is 0.312. The Morgan fingerprint density at radius 1 is 1.02 bits per heavy atom. The highest BCUT2D eigenvalue weighted by Crippen LogP contribution is 2.44. The van der Waals surface area contributed by atoms with Gasteiger partial charge in [0.1, 0.15) is 29.8 Å². The Hall–Kier alpha value is -4.04. The van der Waals surface area contributed by atoms with E-state index >= 15 is 4.39 Å². The SMILES string of the molecule is CC[C@@]1(CF)O[C@@H](n2cc(F)c(NC(c3ccccc3)(c3ccccc3)c3ccc(OC)cc3)nc2=O)C[C@@H]1C. The summed E-state index contributed by atoms with van der Waals surface area (Å²) in [5.74, 6) is -0.398. The molecule has 0 amide bonds. The first-order valence-electron chi connectivity index (χ1n) is 13.4. The van der Waals surface area contributed by atoms with Crippen LogP contribution in [-0.2, 0) is 10.3 Å². The smallest absolute Gasteiger partial charge is 0.351 e. The monoisotopic (exact) mass is 545 g/mol. The molecule has 0 radical (unpaired) electrons. The number of halogens is 2. The molecule has 6 nitrogen and oxygen atoms in total. The maximum Gasteiger partial charge on any atom is 0.351 e. The quantitative estimate of drug-likeness (QED) is 0.244. The van der Waals surface area contributed by atoms with Gasteiger partial charge in [-0.15, -0.1) is 0 Å². The number of nitrogens with zero attached hydrogens (tertiary/aromatic N) is 2. The van der Waals surface area contributed by atoms with E-state index in [1.807, 2.05) is 98.8 Å². The molecule has 1 saturated heterocycles. The molecule has 0 bridgehead atoms. The molecule has 4 aromatic rings. The van der Waals surface area contributed by atoms with Gasteiger partial charge < -0.3 is 14.8 Å². The Morgan fingerprint density at radius 3 is 2.10 bits per heavy atom. The van der Waals surface area contributed by atoms with E-state index in [-0.39, 0.29) is 11.7 Å². The van der Waals surface area contributed by atoms with Crippen LogP contribution in [0.15, 0.2) is 95.9 Å². The van der Waals surface area contributed by atoms with Gasteiger partial charge >= 0.3 is 5.69 Å². The van der Waals surface area contributed by atoms with E-state index in [9.17, 15) is 9.18 Å². The van der Waals surface area contributed by atoms with Gasteiger partial charge in [0, 0.05) is 0 Å². The van der Waals surface area contributed by atoms with Crippen LogP contribution >= 0.6 is 0 Å². The van der Waals surface area contributed by atoms with E-state index in [0.29, 0.717) is 18.6 Å². The largest absolute Gasteiger partial charge is 0.497 e. The molecule has 1 N–H and O–H groups in total. The number of ether oxygens (including phenoxy) is 2. The van der Waals surface area contributed by atoms with Gasteiger partial charge in [0.2, 0.25) is 0 Å². The molecule has 1 aromatic heterocycles. The third-order valence-electron chi connectivity index (χ3n) is 8.11. The number of rotatable bonds is 9. The molecule has 1 aliphatic rings. The Labute approximate surface area is 232 Å². The number of hydrogen-bond donors (Lipinski definition) is 1. The van der Waals surface area contributed by atoms with Crippen molar-refractivity contribution in [3.05, 3.63) is 124 Å². The van der Waals surface area contributed by atoms with Crippen molar-refractivity contribution in [2.45, 2.75) is 44.1 Å². The van der Waals surface area contributed by atoms with Gasteiger partial charge in [-0.1, -0.05) is 86.6 Å². The predicted molar refractivity (Wildman–Crippen MR) is 151 cm³/mol. The normalized spacial score (nSPS) is 20.8. The molecular formula is C32H33F2N3O3. The molecular weight excluding hydrogens is 512 g/mol. The van der Waals surface area contributed by atoms with Gasteiger partial charge in [0.15, 0.2) is 11.6 Å². The van der Waals surface area contributed by atoms with Crippen LogP contribution in [-0.4, -0.2) is 28.9 Å². The minimum Gasteiger partial charge on any atom is -0.497 e. The lowest BCUT2D eigenvalue weighted by atomic mass is 9.77. The van der Waals surface area contributed by atoms with Crippen molar-refractivity contribution >= 4 is 5.82 Å². The highest BCUT2D eigenvalue weighted by atomic mass is 19.1. The first-order valence-corrected chi connectivity index (χ1v) is 13.4. The zero-order valence-corrected chi connectivity index (χ0v) is 22.8. The lowest BCUT2D eigenvalue weighted by molar-refractivity contribution is -0.0983. The number of hydrogen-bond acceptors (Lipinski definition) is 5. The number of aromatic nitrogens is 2. The number of anilines is 1. The minimum atomic E-state index is -1.11. The van der Waals surface area contributed by atoms with Crippen LogP contribution in [0.1, 0.15) is 49.6 Å². The van der Waals surface area contributed by atoms with Crippen molar-refractivity contribution in [3.8, 4) is 5.75 Å². The zero-order valence-electron chi connectivity index (χ0n) is 22.8. The van der Waals surface area contributed by atoms with Crippen LogP contribution in [0.4, 0.5) is 14.6 Å². The number of nitrogens with one attached hydrogen (secondary N) is 1. The number of alkyl halides is 1. The maximum atomic E-state index is 15.9. The third-order valence-corrected chi connectivity index (χ3v) is 8.11. The Balaban J connectivity index is 1.64. The van der Waals surface area contributed by atoms with Crippen LogP contribution in [0.2, 0.25) is 0 Å². The summed E-state index contributed by atoms with van der Waals surface area (Å²) in [4.78, 5) is 17.5. The van der Waals surface area contributed by atoms with Gasteiger partial charge in [0.25, 0.3) is 0 Å².